The van der Waals surface area contributed by atoms with E-state index in [1.54, 1.807) is 50.2 Å². The predicted molar refractivity (Wildman–Crippen MR) is 130 cm³/mol. The van der Waals surface area contributed by atoms with E-state index in [1.807, 2.05) is 60.7 Å². The van der Waals surface area contributed by atoms with E-state index in [2.05, 4.69) is 0 Å². The number of aromatic hydroxyl groups is 1. The number of carbonyl (C=O) groups is 2. The summed E-state index contributed by atoms with van der Waals surface area (Å²) in [6, 6.07) is 25.7. The Morgan fingerprint density at radius 1 is 0.879 bits per heavy atom. The summed E-state index contributed by atoms with van der Waals surface area (Å²) in [6.07, 6.45) is 0.416. The van der Waals surface area contributed by atoms with Crippen LogP contribution in [0.4, 0.5) is 0 Å². The number of nitrogens with zero attached hydrogens (tertiary/aromatic N) is 1. The van der Waals surface area contributed by atoms with E-state index < -0.39 is 12.0 Å². The van der Waals surface area contributed by atoms with Gasteiger partial charge in [0.2, 0.25) is 5.91 Å². The second-order valence-corrected chi connectivity index (χ2v) is 7.72. The molecule has 0 heterocycles. The van der Waals surface area contributed by atoms with Crippen molar-refractivity contribution in [3.05, 3.63) is 102 Å². The molecule has 0 saturated heterocycles. The van der Waals surface area contributed by atoms with Gasteiger partial charge in [0.15, 0.2) is 0 Å². The van der Waals surface area contributed by atoms with Crippen molar-refractivity contribution >= 4 is 11.9 Å². The molecule has 1 atom stereocenters. The van der Waals surface area contributed by atoms with E-state index >= 15 is 0 Å². The number of hydrogen-bond donors (Lipinski definition) is 2. The monoisotopic (exact) mass is 448 g/mol. The summed E-state index contributed by atoms with van der Waals surface area (Å²) in [4.78, 5) is 25.2. The van der Waals surface area contributed by atoms with Crippen LogP contribution in [-0.2, 0) is 20.7 Å². The molecule has 3 N–H and O–H groups in total. The van der Waals surface area contributed by atoms with Gasteiger partial charge in [0, 0.05) is 14.1 Å². The van der Waals surface area contributed by atoms with Gasteiger partial charge < -0.3 is 20.5 Å². The molecule has 0 bridgehead atoms. The molecule has 1 unspecified atom stereocenters. The molecule has 1 amide bonds. The average molecular weight is 449 g/mol. The maximum absolute atomic E-state index is 12.4. The smallest absolute Gasteiger partial charge is 0.323 e. The van der Waals surface area contributed by atoms with Crippen molar-refractivity contribution in [1.82, 2.24) is 4.90 Å². The van der Waals surface area contributed by atoms with Gasteiger partial charge in [-0.15, -0.1) is 0 Å². The van der Waals surface area contributed by atoms with Gasteiger partial charge in [-0.1, -0.05) is 72.8 Å². The minimum atomic E-state index is -0.644. The van der Waals surface area contributed by atoms with Crippen LogP contribution in [0, 0.1) is 0 Å². The molecule has 0 aliphatic carbocycles. The molecule has 33 heavy (non-hydrogen) atoms. The van der Waals surface area contributed by atoms with E-state index in [1.165, 1.54) is 0 Å². The van der Waals surface area contributed by atoms with Gasteiger partial charge in [-0.3, -0.25) is 9.59 Å². The van der Waals surface area contributed by atoms with Crippen LogP contribution in [0.3, 0.4) is 0 Å². The maximum atomic E-state index is 12.4. The number of rotatable bonds is 7. The molecule has 0 aliphatic heterocycles. The highest BCUT2D eigenvalue weighted by Gasteiger charge is 2.23. The van der Waals surface area contributed by atoms with Crippen LogP contribution in [0.1, 0.15) is 29.5 Å². The molecule has 0 spiro atoms. The van der Waals surface area contributed by atoms with Crippen molar-refractivity contribution in [2.24, 2.45) is 5.73 Å². The molecule has 174 valence electrons. The van der Waals surface area contributed by atoms with Crippen molar-refractivity contribution in [2.45, 2.75) is 25.3 Å². The van der Waals surface area contributed by atoms with Crippen LogP contribution in [0.2, 0.25) is 0 Å². The third kappa shape index (κ3) is 8.09. The summed E-state index contributed by atoms with van der Waals surface area (Å²) in [5.41, 5.74) is 8.59. The first-order valence-electron chi connectivity index (χ1n) is 10.8. The zero-order chi connectivity index (χ0) is 24.2. The molecule has 0 aromatic heterocycles. The first-order valence-corrected chi connectivity index (χ1v) is 10.8. The molecule has 6 nitrogen and oxygen atoms in total. The summed E-state index contributed by atoms with van der Waals surface area (Å²) in [7, 11) is 3.59. The molecule has 3 rings (SSSR count). The lowest BCUT2D eigenvalue weighted by molar-refractivity contribution is -0.144. The van der Waals surface area contributed by atoms with Crippen molar-refractivity contribution in [3.63, 3.8) is 0 Å². The van der Waals surface area contributed by atoms with Gasteiger partial charge in [-0.05, 0) is 42.2 Å². The van der Waals surface area contributed by atoms with Crippen LogP contribution in [0.15, 0.2) is 84.9 Å². The zero-order valence-electron chi connectivity index (χ0n) is 19.3. The van der Waals surface area contributed by atoms with Gasteiger partial charge >= 0.3 is 5.97 Å². The van der Waals surface area contributed by atoms with Crippen molar-refractivity contribution in [3.8, 4) is 5.75 Å². The molecule has 0 saturated carbocycles. The second kappa shape index (κ2) is 13.0. The first-order chi connectivity index (χ1) is 15.8. The van der Waals surface area contributed by atoms with Crippen LogP contribution >= 0.6 is 0 Å². The lowest BCUT2D eigenvalue weighted by Gasteiger charge is -2.21. The highest BCUT2D eigenvalue weighted by molar-refractivity contribution is 5.86. The first kappa shape index (κ1) is 25.6. The van der Waals surface area contributed by atoms with Gasteiger partial charge in [0.25, 0.3) is 0 Å². The standard InChI is InChI=1S/C16H17NO.C11H15NO3/c1-17(2)16(18)15(13-9-5-3-6-10-13)14-11-7-4-8-12-14;1-2-15-11(14)10(12)7-8-3-5-9(13)6-4-8/h3-12,15H,1-2H3;3-6,10,13H,2,7,12H2,1H3. The number of ether oxygens (including phenoxy) is 1. The zero-order valence-corrected chi connectivity index (χ0v) is 19.3. The maximum Gasteiger partial charge on any atom is 0.323 e. The number of benzene rings is 3. The van der Waals surface area contributed by atoms with Crippen LogP contribution in [0.5, 0.6) is 5.75 Å². The summed E-state index contributed by atoms with van der Waals surface area (Å²) < 4.78 is 4.79. The second-order valence-electron chi connectivity index (χ2n) is 7.72. The largest absolute Gasteiger partial charge is 0.508 e. The lowest BCUT2D eigenvalue weighted by Crippen LogP contribution is -2.34. The molecule has 0 fully saturated rings. The van der Waals surface area contributed by atoms with Crippen LogP contribution < -0.4 is 5.73 Å². The number of carbonyl (C=O) groups excluding carboxylic acids is 2. The molecular weight excluding hydrogens is 416 g/mol. The van der Waals surface area contributed by atoms with Gasteiger partial charge in [-0.2, -0.15) is 0 Å². The number of hydrogen-bond acceptors (Lipinski definition) is 5. The quantitative estimate of drug-likeness (QED) is 0.537. The van der Waals surface area contributed by atoms with Crippen molar-refractivity contribution in [2.75, 3.05) is 20.7 Å². The Morgan fingerprint density at radius 2 is 1.36 bits per heavy atom. The number of amides is 1. The Bertz CT molecular complexity index is 950. The van der Waals surface area contributed by atoms with Gasteiger partial charge in [-0.25, -0.2) is 0 Å². The average Bonchev–Trinajstić information content (AvgIpc) is 2.82. The normalized spacial score (nSPS) is 11.2. The molecule has 0 aliphatic rings. The summed E-state index contributed by atoms with van der Waals surface area (Å²) in [6.45, 7) is 2.08. The highest BCUT2D eigenvalue weighted by atomic mass is 16.5. The number of likely N-dealkylation sites (N-methyl/N-ethyl adjacent to an activating group) is 1. The minimum absolute atomic E-state index is 0.104. The summed E-state index contributed by atoms with van der Waals surface area (Å²) in [5.74, 6) is -0.316. The topological polar surface area (TPSA) is 92.9 Å². The summed E-state index contributed by atoms with van der Waals surface area (Å²) in [5, 5.41) is 9.06. The van der Waals surface area contributed by atoms with E-state index in [4.69, 9.17) is 15.6 Å². The Morgan fingerprint density at radius 3 is 1.79 bits per heavy atom. The van der Waals surface area contributed by atoms with Gasteiger partial charge in [0.1, 0.15) is 11.8 Å². The van der Waals surface area contributed by atoms with Crippen LogP contribution in [-0.4, -0.2) is 48.6 Å². The van der Waals surface area contributed by atoms with E-state index in [9.17, 15) is 9.59 Å². The molecule has 6 heteroatoms. The molecule has 0 radical (unpaired) electrons. The molecule has 3 aromatic rings. The molecular formula is C27H32N2O4. The summed E-state index contributed by atoms with van der Waals surface area (Å²) >= 11 is 0. The Balaban J connectivity index is 0.000000238. The van der Waals surface area contributed by atoms with Gasteiger partial charge in [0.05, 0.1) is 12.5 Å². The fourth-order valence-corrected chi connectivity index (χ4v) is 3.25. The van der Waals surface area contributed by atoms with E-state index in [0.29, 0.717) is 13.0 Å². The van der Waals surface area contributed by atoms with Crippen LogP contribution in [0.25, 0.3) is 0 Å². The number of phenols is 1. The Labute approximate surface area is 195 Å². The Hall–Kier alpha value is -3.64. The number of phenolic OH excluding ortho intramolecular Hbond substituents is 1. The van der Waals surface area contributed by atoms with Crippen molar-refractivity contribution < 1.29 is 19.4 Å². The fourth-order valence-electron chi connectivity index (χ4n) is 3.25. The SMILES string of the molecule is CCOC(=O)C(N)Cc1ccc(O)cc1.CN(C)C(=O)C(c1ccccc1)c1ccccc1. The lowest BCUT2D eigenvalue weighted by atomic mass is 9.90. The third-order valence-electron chi connectivity index (χ3n) is 4.93. The minimum Gasteiger partial charge on any atom is -0.508 e. The Kier molecular flexibility index (Phi) is 10.1. The third-order valence-corrected chi connectivity index (χ3v) is 4.93. The predicted octanol–water partition coefficient (Wildman–Crippen LogP) is 3.73. The molecule has 3 aromatic carbocycles. The van der Waals surface area contributed by atoms with E-state index in [0.717, 1.165) is 16.7 Å². The number of esters is 1. The highest BCUT2D eigenvalue weighted by Crippen LogP contribution is 2.26. The number of nitrogens with two attached hydrogens (primary N) is 1. The van der Waals surface area contributed by atoms with Crippen molar-refractivity contribution in [1.29, 1.82) is 0 Å². The fraction of sp³-hybridized carbons (Fsp3) is 0.259. The van der Waals surface area contributed by atoms with E-state index in [-0.39, 0.29) is 17.6 Å².